The van der Waals surface area contributed by atoms with Crippen molar-refractivity contribution in [2.45, 2.75) is 56.8 Å². The highest BCUT2D eigenvalue weighted by Crippen LogP contribution is 2.47. The number of carbonyl (C=O) groups excluding carboxylic acids is 1. The molecule has 0 spiro atoms. The van der Waals surface area contributed by atoms with E-state index < -0.39 is 0 Å². The van der Waals surface area contributed by atoms with Crippen LogP contribution in [0.2, 0.25) is 0 Å². The van der Waals surface area contributed by atoms with Crippen molar-refractivity contribution in [2.75, 3.05) is 13.7 Å². The van der Waals surface area contributed by atoms with Gasteiger partial charge in [0.05, 0.1) is 12.0 Å². The molecule has 172 valence electrons. The number of benzene rings is 1. The fourth-order valence-electron chi connectivity index (χ4n) is 6.81. The smallest absolute Gasteiger partial charge is 0.258 e. The molecule has 4 atom stereocenters. The Labute approximate surface area is 193 Å². The molecule has 1 aromatic heterocycles. The van der Waals surface area contributed by atoms with E-state index >= 15 is 0 Å². The molecule has 1 aromatic carbocycles. The van der Waals surface area contributed by atoms with Crippen molar-refractivity contribution in [3.63, 3.8) is 0 Å². The third-order valence-corrected chi connectivity index (χ3v) is 8.44. The standard InChI is InChI=1S/C27H31N3O3/c1-29-23-14-30-22(11-10-20(27(30)33)16-6-2-3-7-16)25(29)24(21(23)15-31)26(32)28-19-12-17-8-4-5-9-18(17)13-19/h4-6,8-11,19,21,23-25,31H,2-3,7,12-15H2,1H3,(H,28,32)/t21-,23-,24+,25+/m1/s1. The number of aromatic nitrogens is 1. The number of rotatable bonds is 4. The van der Waals surface area contributed by atoms with Crippen LogP contribution in [0.15, 0.2) is 47.3 Å². The highest BCUT2D eigenvalue weighted by atomic mass is 16.3. The molecule has 1 fully saturated rings. The molecular formula is C27H31N3O3. The van der Waals surface area contributed by atoms with Crippen LogP contribution in [0.1, 0.15) is 47.7 Å². The summed E-state index contributed by atoms with van der Waals surface area (Å²) in [6, 6.07) is 12.2. The summed E-state index contributed by atoms with van der Waals surface area (Å²) in [4.78, 5) is 29.3. The number of aliphatic hydroxyl groups excluding tert-OH is 1. The average Bonchev–Trinajstić information content (AvgIpc) is 3.51. The maximum atomic E-state index is 13.6. The number of fused-ring (bicyclic) bond motifs is 5. The second kappa shape index (κ2) is 7.96. The van der Waals surface area contributed by atoms with Gasteiger partial charge in [-0.05, 0) is 68.0 Å². The first-order valence-corrected chi connectivity index (χ1v) is 12.2. The van der Waals surface area contributed by atoms with Gasteiger partial charge in [-0.25, -0.2) is 0 Å². The van der Waals surface area contributed by atoms with Crippen molar-refractivity contribution in [1.82, 2.24) is 14.8 Å². The minimum Gasteiger partial charge on any atom is -0.396 e. The molecule has 1 amide bonds. The first-order valence-electron chi connectivity index (χ1n) is 12.2. The number of nitrogens with zero attached hydrogens (tertiary/aromatic N) is 2. The van der Waals surface area contributed by atoms with Crippen LogP contribution in [0.5, 0.6) is 0 Å². The van der Waals surface area contributed by atoms with Crippen LogP contribution in [0.3, 0.4) is 0 Å². The Morgan fingerprint density at radius 3 is 2.58 bits per heavy atom. The number of pyridine rings is 1. The van der Waals surface area contributed by atoms with Gasteiger partial charge in [0, 0.05) is 42.4 Å². The summed E-state index contributed by atoms with van der Waals surface area (Å²) in [5.74, 6) is -0.578. The Bertz CT molecular complexity index is 1170. The summed E-state index contributed by atoms with van der Waals surface area (Å²) in [5.41, 5.74) is 5.49. The van der Waals surface area contributed by atoms with E-state index in [0.717, 1.165) is 48.9 Å². The number of carbonyl (C=O) groups is 1. The number of hydrogen-bond donors (Lipinski definition) is 2. The number of allylic oxidation sites excluding steroid dienone is 2. The minimum atomic E-state index is -0.376. The van der Waals surface area contributed by atoms with Crippen molar-refractivity contribution < 1.29 is 9.90 Å². The zero-order valence-corrected chi connectivity index (χ0v) is 19.0. The number of amides is 1. The van der Waals surface area contributed by atoms with Gasteiger partial charge in [-0.15, -0.1) is 0 Å². The Balaban J connectivity index is 1.31. The van der Waals surface area contributed by atoms with Crippen molar-refractivity contribution in [3.05, 3.63) is 75.2 Å². The van der Waals surface area contributed by atoms with E-state index in [2.05, 4.69) is 28.4 Å². The zero-order valence-electron chi connectivity index (χ0n) is 19.0. The Hall–Kier alpha value is -2.70. The molecule has 2 bridgehead atoms. The van der Waals surface area contributed by atoms with E-state index in [0.29, 0.717) is 6.54 Å². The van der Waals surface area contributed by atoms with Gasteiger partial charge < -0.3 is 15.0 Å². The molecule has 0 unspecified atom stereocenters. The highest BCUT2D eigenvalue weighted by molar-refractivity contribution is 5.81. The van der Waals surface area contributed by atoms with E-state index in [1.54, 1.807) is 0 Å². The predicted molar refractivity (Wildman–Crippen MR) is 127 cm³/mol. The molecule has 6 heteroatoms. The van der Waals surface area contributed by atoms with Crippen molar-refractivity contribution in [1.29, 1.82) is 0 Å². The second-order valence-electron chi connectivity index (χ2n) is 10.1. The van der Waals surface area contributed by atoms with E-state index in [4.69, 9.17) is 0 Å². The zero-order chi connectivity index (χ0) is 22.7. The summed E-state index contributed by atoms with van der Waals surface area (Å²) in [6.07, 6.45) is 6.96. The molecule has 6 nitrogen and oxygen atoms in total. The number of nitrogens with one attached hydrogen (secondary N) is 1. The topological polar surface area (TPSA) is 74.6 Å². The first kappa shape index (κ1) is 20.9. The lowest BCUT2D eigenvalue weighted by atomic mass is 9.86. The van der Waals surface area contributed by atoms with Crippen LogP contribution in [-0.2, 0) is 24.2 Å². The van der Waals surface area contributed by atoms with Gasteiger partial charge in [0.1, 0.15) is 0 Å². The van der Waals surface area contributed by atoms with E-state index in [9.17, 15) is 14.7 Å². The van der Waals surface area contributed by atoms with Gasteiger partial charge in [0.25, 0.3) is 5.56 Å². The SMILES string of the molecule is CN1[C@@H]2Cn3c(ccc(C4=CCCC4)c3=O)[C@H]1[C@@H](C(=O)NC1Cc3ccccc3C1)[C@@H]2CO. The van der Waals surface area contributed by atoms with Gasteiger partial charge in [-0.2, -0.15) is 0 Å². The van der Waals surface area contributed by atoms with Crippen molar-refractivity contribution >= 4 is 11.5 Å². The lowest BCUT2D eigenvalue weighted by Gasteiger charge is -2.35. The summed E-state index contributed by atoms with van der Waals surface area (Å²) in [5, 5.41) is 13.6. The van der Waals surface area contributed by atoms with E-state index in [1.165, 1.54) is 11.1 Å². The minimum absolute atomic E-state index is 0.00492. The fraction of sp³-hybridized carbons (Fsp3) is 0.481. The Kier molecular flexibility index (Phi) is 5.03. The third-order valence-electron chi connectivity index (χ3n) is 8.44. The summed E-state index contributed by atoms with van der Waals surface area (Å²) < 4.78 is 1.88. The normalized spacial score (nSPS) is 28.5. The van der Waals surface area contributed by atoms with Gasteiger partial charge in [0.2, 0.25) is 5.91 Å². The maximum absolute atomic E-state index is 13.6. The first-order chi connectivity index (χ1) is 16.1. The van der Waals surface area contributed by atoms with Crippen LogP contribution < -0.4 is 10.9 Å². The molecule has 0 radical (unpaired) electrons. The summed E-state index contributed by atoms with van der Waals surface area (Å²) in [6.45, 7) is 0.460. The molecule has 33 heavy (non-hydrogen) atoms. The molecule has 2 aliphatic carbocycles. The largest absolute Gasteiger partial charge is 0.396 e. The van der Waals surface area contributed by atoms with Crippen LogP contribution in [0, 0.1) is 11.8 Å². The van der Waals surface area contributed by atoms with Gasteiger partial charge >= 0.3 is 0 Å². The van der Waals surface area contributed by atoms with Gasteiger partial charge in [0.15, 0.2) is 0 Å². The molecule has 1 saturated heterocycles. The van der Waals surface area contributed by atoms with Crippen LogP contribution in [0.4, 0.5) is 0 Å². The van der Waals surface area contributed by atoms with E-state index in [-0.39, 0.29) is 48.0 Å². The van der Waals surface area contributed by atoms with Crippen LogP contribution >= 0.6 is 0 Å². The molecular weight excluding hydrogens is 414 g/mol. The van der Waals surface area contributed by atoms with E-state index in [1.807, 2.05) is 35.9 Å². The molecule has 4 aliphatic rings. The Morgan fingerprint density at radius 2 is 1.91 bits per heavy atom. The fourth-order valence-corrected chi connectivity index (χ4v) is 6.81. The number of likely N-dealkylation sites (N-methyl/N-ethyl adjacent to an activating group) is 1. The summed E-state index contributed by atoms with van der Waals surface area (Å²) >= 11 is 0. The molecule has 2 aliphatic heterocycles. The second-order valence-corrected chi connectivity index (χ2v) is 10.1. The average molecular weight is 446 g/mol. The van der Waals surface area contributed by atoms with Gasteiger partial charge in [-0.1, -0.05) is 30.3 Å². The number of aliphatic hydroxyl groups is 1. The van der Waals surface area contributed by atoms with Gasteiger partial charge in [-0.3, -0.25) is 14.5 Å². The monoisotopic (exact) mass is 445 g/mol. The van der Waals surface area contributed by atoms with Crippen molar-refractivity contribution in [2.24, 2.45) is 11.8 Å². The van der Waals surface area contributed by atoms with Crippen LogP contribution in [0.25, 0.3) is 5.57 Å². The number of hydrogen-bond acceptors (Lipinski definition) is 4. The molecule has 3 heterocycles. The predicted octanol–water partition coefficient (Wildman–Crippen LogP) is 2.29. The van der Waals surface area contributed by atoms with Crippen molar-refractivity contribution in [3.8, 4) is 0 Å². The molecule has 2 aromatic rings. The third kappa shape index (κ3) is 3.22. The lowest BCUT2D eigenvalue weighted by Crippen LogP contribution is -2.45. The van der Waals surface area contributed by atoms with Crippen LogP contribution in [-0.4, -0.2) is 46.2 Å². The highest BCUT2D eigenvalue weighted by Gasteiger charge is 2.54. The quantitative estimate of drug-likeness (QED) is 0.757. The molecule has 6 rings (SSSR count). The Morgan fingerprint density at radius 1 is 1.15 bits per heavy atom. The maximum Gasteiger partial charge on any atom is 0.258 e. The summed E-state index contributed by atoms with van der Waals surface area (Å²) in [7, 11) is 2.03. The molecule has 0 saturated carbocycles. The molecule has 2 N–H and O–H groups in total. The lowest BCUT2D eigenvalue weighted by molar-refractivity contribution is -0.128.